The molecule has 1 atom stereocenters. The van der Waals surface area contributed by atoms with Gasteiger partial charge in [-0.3, -0.25) is 4.79 Å². The standard InChI is InChI=1S/C26H24F5N3O3/c1-14-5-10-19(23(35)37-4)20(13-14)18-8-6-17(7-9-18)16(3)33-22-21(15(2)11-12-32-22)34-24(36)25(27,28)26(29,30)31/h5-13,16H,1-4H3,(H,32,33)(H,34,36). The highest BCUT2D eigenvalue weighted by Gasteiger charge is 2.63. The van der Waals surface area contributed by atoms with Crippen molar-refractivity contribution in [2.75, 3.05) is 17.7 Å². The molecule has 6 nitrogen and oxygen atoms in total. The van der Waals surface area contributed by atoms with E-state index in [-0.39, 0.29) is 17.1 Å². The molecule has 1 heterocycles. The van der Waals surface area contributed by atoms with Gasteiger partial charge in [-0.05, 0) is 55.2 Å². The van der Waals surface area contributed by atoms with Gasteiger partial charge in [0.2, 0.25) is 0 Å². The van der Waals surface area contributed by atoms with Gasteiger partial charge in [-0.1, -0.05) is 42.0 Å². The van der Waals surface area contributed by atoms with Crippen molar-refractivity contribution in [3.63, 3.8) is 0 Å². The number of benzene rings is 2. The summed E-state index contributed by atoms with van der Waals surface area (Å²) in [4.78, 5) is 28.0. The number of hydrogen-bond acceptors (Lipinski definition) is 5. The van der Waals surface area contributed by atoms with Gasteiger partial charge in [0.05, 0.1) is 24.4 Å². The van der Waals surface area contributed by atoms with E-state index in [9.17, 15) is 31.5 Å². The molecule has 0 saturated heterocycles. The molecule has 37 heavy (non-hydrogen) atoms. The van der Waals surface area contributed by atoms with Crippen molar-refractivity contribution < 1.29 is 36.3 Å². The predicted octanol–water partition coefficient (Wildman–Crippen LogP) is 6.46. The number of aryl methyl sites for hydroxylation is 2. The van der Waals surface area contributed by atoms with E-state index in [1.807, 2.05) is 13.0 Å². The molecule has 3 aromatic rings. The van der Waals surface area contributed by atoms with Gasteiger partial charge >= 0.3 is 24.0 Å². The summed E-state index contributed by atoms with van der Waals surface area (Å²) in [7, 11) is 1.29. The number of pyridine rings is 1. The van der Waals surface area contributed by atoms with Crippen molar-refractivity contribution in [1.29, 1.82) is 0 Å². The second-order valence-corrected chi connectivity index (χ2v) is 8.41. The van der Waals surface area contributed by atoms with Gasteiger partial charge in [0.25, 0.3) is 0 Å². The Bertz CT molecular complexity index is 1310. The molecule has 0 bridgehead atoms. The van der Waals surface area contributed by atoms with Crippen LogP contribution in [0.25, 0.3) is 11.1 Å². The van der Waals surface area contributed by atoms with Crippen LogP contribution in [-0.2, 0) is 9.53 Å². The summed E-state index contributed by atoms with van der Waals surface area (Å²) in [5.41, 5.74) is 3.43. The summed E-state index contributed by atoms with van der Waals surface area (Å²) in [5.74, 6) is -8.64. The number of ether oxygens (including phenoxy) is 1. The number of hydrogen-bond donors (Lipinski definition) is 2. The van der Waals surface area contributed by atoms with E-state index in [1.165, 1.54) is 26.3 Å². The van der Waals surface area contributed by atoms with Crippen LogP contribution in [0.2, 0.25) is 0 Å². The molecule has 3 rings (SSSR count). The zero-order chi connectivity index (χ0) is 27.5. The van der Waals surface area contributed by atoms with Crippen molar-refractivity contribution >= 4 is 23.4 Å². The van der Waals surface area contributed by atoms with Crippen LogP contribution in [0.5, 0.6) is 0 Å². The average Bonchev–Trinajstić information content (AvgIpc) is 2.84. The Morgan fingerprint density at radius 3 is 2.22 bits per heavy atom. The fourth-order valence-corrected chi connectivity index (χ4v) is 3.57. The van der Waals surface area contributed by atoms with Crippen LogP contribution in [0.3, 0.4) is 0 Å². The van der Waals surface area contributed by atoms with Crippen LogP contribution in [0.4, 0.5) is 33.5 Å². The Kier molecular flexibility index (Phi) is 7.85. The van der Waals surface area contributed by atoms with Gasteiger partial charge in [0.15, 0.2) is 5.82 Å². The number of rotatable bonds is 7. The lowest BCUT2D eigenvalue weighted by Crippen LogP contribution is -2.47. The number of aromatic nitrogens is 1. The molecule has 1 amide bonds. The maximum Gasteiger partial charge on any atom is 0.463 e. The van der Waals surface area contributed by atoms with Crippen LogP contribution < -0.4 is 10.6 Å². The highest BCUT2D eigenvalue weighted by atomic mass is 19.4. The lowest BCUT2D eigenvalue weighted by Gasteiger charge is -2.22. The van der Waals surface area contributed by atoms with E-state index in [4.69, 9.17) is 4.74 Å². The number of anilines is 2. The number of nitrogens with one attached hydrogen (secondary N) is 2. The van der Waals surface area contributed by atoms with Crippen LogP contribution in [0.15, 0.2) is 54.7 Å². The predicted molar refractivity (Wildman–Crippen MR) is 129 cm³/mol. The SMILES string of the molecule is COC(=O)c1ccc(C)cc1-c1ccc(C(C)Nc2nccc(C)c2NC(=O)C(F)(F)C(F)(F)F)cc1. The van der Waals surface area contributed by atoms with Gasteiger partial charge in [-0.2, -0.15) is 22.0 Å². The number of alkyl halides is 5. The summed E-state index contributed by atoms with van der Waals surface area (Å²) in [6.07, 6.45) is -4.71. The van der Waals surface area contributed by atoms with Crippen LogP contribution >= 0.6 is 0 Å². The summed E-state index contributed by atoms with van der Waals surface area (Å²) < 4.78 is 69.7. The molecular weight excluding hydrogens is 497 g/mol. The molecule has 2 N–H and O–H groups in total. The topological polar surface area (TPSA) is 80.3 Å². The quantitative estimate of drug-likeness (QED) is 0.276. The van der Waals surface area contributed by atoms with Crippen molar-refractivity contribution in [3.8, 4) is 11.1 Å². The third-order valence-corrected chi connectivity index (χ3v) is 5.69. The van der Waals surface area contributed by atoms with E-state index in [1.54, 1.807) is 48.6 Å². The summed E-state index contributed by atoms with van der Waals surface area (Å²) in [6.45, 7) is 5.05. The van der Waals surface area contributed by atoms with E-state index in [2.05, 4.69) is 10.3 Å². The van der Waals surface area contributed by atoms with Crippen molar-refractivity contribution in [2.45, 2.75) is 38.9 Å². The summed E-state index contributed by atoms with van der Waals surface area (Å²) in [6, 6.07) is 13.3. The number of carbonyl (C=O) groups excluding carboxylic acids is 2. The molecule has 0 aliphatic rings. The molecule has 1 unspecified atom stereocenters. The number of nitrogens with zero attached hydrogens (tertiary/aromatic N) is 1. The number of esters is 1. The van der Waals surface area contributed by atoms with E-state index in [0.29, 0.717) is 11.1 Å². The van der Waals surface area contributed by atoms with Gasteiger partial charge in [-0.15, -0.1) is 0 Å². The Morgan fingerprint density at radius 2 is 1.62 bits per heavy atom. The number of halogens is 5. The maximum absolute atomic E-state index is 13.5. The fourth-order valence-electron chi connectivity index (χ4n) is 3.57. The Hall–Kier alpha value is -4.02. The first-order chi connectivity index (χ1) is 17.3. The number of methoxy groups -OCH3 is 1. The second-order valence-electron chi connectivity index (χ2n) is 8.41. The highest BCUT2D eigenvalue weighted by Crippen LogP contribution is 2.37. The minimum Gasteiger partial charge on any atom is -0.465 e. The molecule has 0 fully saturated rings. The monoisotopic (exact) mass is 521 g/mol. The molecule has 0 spiro atoms. The average molecular weight is 521 g/mol. The van der Waals surface area contributed by atoms with Crippen molar-refractivity contribution in [1.82, 2.24) is 4.98 Å². The maximum atomic E-state index is 13.5. The van der Waals surface area contributed by atoms with Crippen LogP contribution in [0.1, 0.15) is 40.0 Å². The number of carbonyl (C=O) groups is 2. The Morgan fingerprint density at radius 1 is 0.973 bits per heavy atom. The van der Waals surface area contributed by atoms with Crippen molar-refractivity contribution in [3.05, 3.63) is 77.0 Å². The Balaban J connectivity index is 1.86. The molecular formula is C26H24F5N3O3. The fraction of sp³-hybridized carbons (Fsp3) is 0.269. The lowest BCUT2D eigenvalue weighted by atomic mass is 9.96. The molecule has 0 saturated carbocycles. The minimum atomic E-state index is -6.04. The first-order valence-electron chi connectivity index (χ1n) is 11.0. The molecule has 1 aromatic heterocycles. The van der Waals surface area contributed by atoms with Gasteiger partial charge in [0, 0.05) is 6.20 Å². The largest absolute Gasteiger partial charge is 0.465 e. The van der Waals surface area contributed by atoms with Crippen molar-refractivity contribution in [2.24, 2.45) is 0 Å². The summed E-state index contributed by atoms with van der Waals surface area (Å²) >= 11 is 0. The smallest absolute Gasteiger partial charge is 0.463 e. The van der Waals surface area contributed by atoms with Gasteiger partial charge < -0.3 is 15.4 Å². The zero-order valence-corrected chi connectivity index (χ0v) is 20.3. The third kappa shape index (κ3) is 5.87. The zero-order valence-electron chi connectivity index (χ0n) is 20.3. The Labute approximate surface area is 209 Å². The first-order valence-corrected chi connectivity index (χ1v) is 11.0. The molecule has 196 valence electrons. The number of amides is 1. The molecule has 11 heteroatoms. The van der Waals surface area contributed by atoms with Gasteiger partial charge in [-0.25, -0.2) is 9.78 Å². The van der Waals surface area contributed by atoms with E-state index in [0.717, 1.165) is 16.7 Å². The van der Waals surface area contributed by atoms with E-state index < -0.39 is 30.0 Å². The normalized spacial score (nSPS) is 12.6. The summed E-state index contributed by atoms with van der Waals surface area (Å²) in [5, 5.41) is 4.61. The van der Waals surface area contributed by atoms with Crippen LogP contribution in [-0.4, -0.2) is 36.1 Å². The first kappa shape index (κ1) is 27.6. The molecule has 2 aromatic carbocycles. The molecule has 0 aliphatic carbocycles. The van der Waals surface area contributed by atoms with Crippen LogP contribution in [0, 0.1) is 13.8 Å². The second kappa shape index (κ2) is 10.5. The van der Waals surface area contributed by atoms with Gasteiger partial charge in [0.1, 0.15) is 0 Å². The highest BCUT2D eigenvalue weighted by molar-refractivity contribution is 5.99. The third-order valence-electron chi connectivity index (χ3n) is 5.69. The van der Waals surface area contributed by atoms with E-state index >= 15 is 0 Å². The molecule has 0 radical (unpaired) electrons. The molecule has 0 aliphatic heterocycles. The lowest BCUT2D eigenvalue weighted by molar-refractivity contribution is -0.267. The minimum absolute atomic E-state index is 0.0745.